The Bertz CT molecular complexity index is 246. The monoisotopic (exact) mass is 255 g/mol. The molecule has 1 rings (SSSR count). The van der Waals surface area contributed by atoms with E-state index < -0.39 is 0 Å². The van der Waals surface area contributed by atoms with Gasteiger partial charge >= 0.3 is 0 Å². The third-order valence-electron chi connectivity index (χ3n) is 4.89. The lowest BCUT2D eigenvalue weighted by Gasteiger charge is -2.45. The van der Waals surface area contributed by atoms with Crippen molar-refractivity contribution in [2.24, 2.45) is 28.4 Å². The maximum Gasteiger partial charge on any atom is 0.0613 e. The maximum absolute atomic E-state index is 10.6. The van der Waals surface area contributed by atoms with Gasteiger partial charge in [-0.1, -0.05) is 34.6 Å². The molecule has 1 aliphatic rings. The summed E-state index contributed by atoms with van der Waals surface area (Å²) in [7, 11) is 0. The summed E-state index contributed by atoms with van der Waals surface area (Å²) in [6.45, 7) is 11.8. The van der Waals surface area contributed by atoms with E-state index in [0.717, 1.165) is 31.1 Å². The van der Waals surface area contributed by atoms with Gasteiger partial charge in [0.2, 0.25) is 0 Å². The first-order valence-corrected chi connectivity index (χ1v) is 7.58. The molecule has 0 heterocycles. The molecule has 0 aliphatic heterocycles. The summed E-state index contributed by atoms with van der Waals surface area (Å²) in [5.74, 6) is 1.59. The Morgan fingerprint density at radius 2 is 1.72 bits per heavy atom. The zero-order chi connectivity index (χ0) is 14.0. The molecule has 0 bridgehead atoms. The molecule has 3 N–H and O–H groups in total. The first-order valence-electron chi connectivity index (χ1n) is 7.58. The van der Waals surface area contributed by atoms with Gasteiger partial charge in [-0.2, -0.15) is 0 Å². The zero-order valence-corrected chi connectivity index (χ0v) is 13.0. The number of aliphatic hydroxyl groups excluding tert-OH is 1. The van der Waals surface area contributed by atoms with Gasteiger partial charge in [0.1, 0.15) is 0 Å². The van der Waals surface area contributed by atoms with Crippen molar-refractivity contribution < 1.29 is 5.11 Å². The van der Waals surface area contributed by atoms with Crippen molar-refractivity contribution >= 4 is 0 Å². The third kappa shape index (κ3) is 3.96. The van der Waals surface area contributed by atoms with Gasteiger partial charge in [0.15, 0.2) is 0 Å². The summed E-state index contributed by atoms with van der Waals surface area (Å²) in [5, 5.41) is 10.6. The summed E-state index contributed by atoms with van der Waals surface area (Å²) < 4.78 is 0. The van der Waals surface area contributed by atoms with Crippen LogP contribution in [-0.2, 0) is 0 Å². The van der Waals surface area contributed by atoms with Gasteiger partial charge in [0.05, 0.1) is 6.10 Å². The molecule has 2 nitrogen and oxygen atoms in total. The predicted octanol–water partition coefficient (Wildman–Crippen LogP) is 3.57. The Morgan fingerprint density at radius 1 is 1.22 bits per heavy atom. The molecule has 0 saturated heterocycles. The molecule has 0 aromatic rings. The number of hydrogen-bond donors (Lipinski definition) is 2. The van der Waals surface area contributed by atoms with E-state index in [1.165, 1.54) is 12.8 Å². The van der Waals surface area contributed by atoms with Crippen LogP contribution in [0.3, 0.4) is 0 Å². The van der Waals surface area contributed by atoms with Gasteiger partial charge < -0.3 is 10.8 Å². The topological polar surface area (TPSA) is 46.2 Å². The highest BCUT2D eigenvalue weighted by molar-refractivity contribution is 4.93. The molecule has 108 valence electrons. The Kier molecular flexibility index (Phi) is 5.25. The molecule has 18 heavy (non-hydrogen) atoms. The van der Waals surface area contributed by atoms with E-state index in [1.807, 2.05) is 0 Å². The van der Waals surface area contributed by atoms with Crippen molar-refractivity contribution in [3.8, 4) is 0 Å². The van der Waals surface area contributed by atoms with E-state index in [-0.39, 0.29) is 16.9 Å². The summed E-state index contributed by atoms with van der Waals surface area (Å²) in [5.41, 5.74) is 6.18. The van der Waals surface area contributed by atoms with Crippen LogP contribution in [0.5, 0.6) is 0 Å². The number of hydrogen-bond acceptors (Lipinski definition) is 2. The summed E-state index contributed by atoms with van der Waals surface area (Å²) in [6.07, 6.45) is 5.28. The lowest BCUT2D eigenvalue weighted by Crippen LogP contribution is -2.46. The van der Waals surface area contributed by atoms with Crippen LogP contribution in [-0.4, -0.2) is 17.8 Å². The van der Waals surface area contributed by atoms with Gasteiger partial charge in [-0.05, 0) is 49.4 Å². The van der Waals surface area contributed by atoms with Crippen molar-refractivity contribution in [1.29, 1.82) is 0 Å². The standard InChI is InChI=1S/C16H33NO/c1-12(2)13-6-8-16(11-17,9-7-13)14(18)10-15(3,4)5/h12-14,18H,6-11,17H2,1-5H3. The minimum absolute atomic E-state index is 0.0152. The molecule has 1 aliphatic carbocycles. The molecule has 1 fully saturated rings. The third-order valence-corrected chi connectivity index (χ3v) is 4.89. The first-order chi connectivity index (χ1) is 8.20. The van der Waals surface area contributed by atoms with E-state index in [2.05, 4.69) is 34.6 Å². The van der Waals surface area contributed by atoms with E-state index in [9.17, 15) is 5.11 Å². The van der Waals surface area contributed by atoms with Crippen molar-refractivity contribution in [3.63, 3.8) is 0 Å². The van der Waals surface area contributed by atoms with E-state index in [4.69, 9.17) is 5.73 Å². The van der Waals surface area contributed by atoms with Crippen molar-refractivity contribution in [3.05, 3.63) is 0 Å². The average Bonchev–Trinajstić information content (AvgIpc) is 2.26. The van der Waals surface area contributed by atoms with Crippen LogP contribution >= 0.6 is 0 Å². The lowest BCUT2D eigenvalue weighted by molar-refractivity contribution is -0.0339. The molecule has 1 saturated carbocycles. The Labute approximate surface area is 113 Å². The second-order valence-electron chi connectivity index (χ2n) is 7.93. The fraction of sp³-hybridized carbons (Fsp3) is 1.00. The second-order valence-corrected chi connectivity index (χ2v) is 7.93. The van der Waals surface area contributed by atoms with Crippen molar-refractivity contribution in [2.75, 3.05) is 6.54 Å². The van der Waals surface area contributed by atoms with Crippen LogP contribution < -0.4 is 5.73 Å². The van der Waals surface area contributed by atoms with Crippen LogP contribution in [0, 0.1) is 22.7 Å². The predicted molar refractivity (Wildman–Crippen MR) is 78.4 cm³/mol. The molecule has 0 aromatic heterocycles. The number of nitrogens with two attached hydrogens (primary N) is 1. The molecule has 1 unspecified atom stereocenters. The fourth-order valence-electron chi connectivity index (χ4n) is 3.35. The summed E-state index contributed by atoms with van der Waals surface area (Å²) in [6, 6.07) is 0. The maximum atomic E-state index is 10.6. The molecular formula is C16H33NO. The van der Waals surface area contributed by atoms with Gasteiger partial charge in [-0.15, -0.1) is 0 Å². The SMILES string of the molecule is CC(C)C1CCC(CN)(C(O)CC(C)(C)C)CC1. The molecular weight excluding hydrogens is 222 g/mol. The molecule has 2 heteroatoms. The van der Waals surface area contributed by atoms with Gasteiger partial charge in [0.25, 0.3) is 0 Å². The fourth-order valence-corrected chi connectivity index (χ4v) is 3.35. The number of aliphatic hydroxyl groups is 1. The molecule has 0 amide bonds. The van der Waals surface area contributed by atoms with Crippen molar-refractivity contribution in [1.82, 2.24) is 0 Å². The van der Waals surface area contributed by atoms with Crippen LogP contribution in [0.4, 0.5) is 0 Å². The largest absolute Gasteiger partial charge is 0.392 e. The smallest absolute Gasteiger partial charge is 0.0613 e. The van der Waals surface area contributed by atoms with Crippen molar-refractivity contribution in [2.45, 2.75) is 72.8 Å². The van der Waals surface area contributed by atoms with E-state index in [1.54, 1.807) is 0 Å². The highest BCUT2D eigenvalue weighted by atomic mass is 16.3. The average molecular weight is 255 g/mol. The second kappa shape index (κ2) is 5.92. The van der Waals surface area contributed by atoms with E-state index >= 15 is 0 Å². The molecule has 0 aromatic carbocycles. The Hall–Kier alpha value is -0.0800. The highest BCUT2D eigenvalue weighted by Crippen LogP contribution is 2.45. The molecule has 0 radical (unpaired) electrons. The number of rotatable bonds is 4. The summed E-state index contributed by atoms with van der Waals surface area (Å²) in [4.78, 5) is 0. The molecule has 1 atom stereocenters. The normalized spacial score (nSPS) is 31.7. The highest BCUT2D eigenvalue weighted by Gasteiger charge is 2.41. The van der Waals surface area contributed by atoms with Crippen LogP contribution in [0.25, 0.3) is 0 Å². The first kappa shape index (κ1) is 16.0. The van der Waals surface area contributed by atoms with E-state index in [0.29, 0.717) is 6.54 Å². The summed E-state index contributed by atoms with van der Waals surface area (Å²) >= 11 is 0. The lowest BCUT2D eigenvalue weighted by atomic mass is 9.63. The van der Waals surface area contributed by atoms with Crippen LogP contribution in [0.15, 0.2) is 0 Å². The van der Waals surface area contributed by atoms with Crippen LogP contribution in [0.2, 0.25) is 0 Å². The minimum atomic E-state index is -0.240. The van der Waals surface area contributed by atoms with Gasteiger partial charge in [0, 0.05) is 12.0 Å². The zero-order valence-electron chi connectivity index (χ0n) is 13.0. The van der Waals surface area contributed by atoms with Gasteiger partial charge in [-0.3, -0.25) is 0 Å². The quantitative estimate of drug-likeness (QED) is 0.806. The Morgan fingerprint density at radius 3 is 2.06 bits per heavy atom. The Balaban J connectivity index is 2.65. The molecule has 0 spiro atoms. The van der Waals surface area contributed by atoms with Crippen LogP contribution in [0.1, 0.15) is 66.7 Å². The van der Waals surface area contributed by atoms with Gasteiger partial charge in [-0.25, -0.2) is 0 Å². The minimum Gasteiger partial charge on any atom is -0.392 e.